The highest BCUT2D eigenvalue weighted by atomic mass is 32.1. The molecule has 1 heterocycles. The van der Waals surface area contributed by atoms with Crippen LogP contribution in [0.4, 0.5) is 10.8 Å². The number of rotatable bonds is 3. The average molecular weight is 276 g/mol. The van der Waals surface area contributed by atoms with Crippen molar-refractivity contribution in [1.82, 2.24) is 10.2 Å². The minimum atomic E-state index is -0.206. The van der Waals surface area contributed by atoms with Crippen LogP contribution in [0.3, 0.4) is 0 Å². The number of nitrogens with two attached hydrogens (primary N) is 1. The summed E-state index contributed by atoms with van der Waals surface area (Å²) in [6.07, 6.45) is 0.810. The third-order valence-electron chi connectivity index (χ3n) is 2.85. The fourth-order valence-electron chi connectivity index (χ4n) is 1.73. The summed E-state index contributed by atoms with van der Waals surface area (Å²) in [6.45, 7) is 5.80. The predicted octanol–water partition coefficient (Wildman–Crippen LogP) is 2.55. The van der Waals surface area contributed by atoms with Gasteiger partial charge in [-0.15, -0.1) is 10.2 Å². The predicted molar refractivity (Wildman–Crippen MR) is 77.6 cm³/mol. The van der Waals surface area contributed by atoms with E-state index >= 15 is 0 Å². The first-order valence-electron chi connectivity index (χ1n) is 6.01. The number of nitrogens with zero attached hydrogens (tertiary/aromatic N) is 2. The molecule has 0 unspecified atom stereocenters. The molecular formula is C13H16N4OS. The quantitative estimate of drug-likeness (QED) is 0.844. The molecule has 0 atom stereocenters. The minimum Gasteiger partial charge on any atom is -0.398 e. The van der Waals surface area contributed by atoms with E-state index < -0.39 is 0 Å². The van der Waals surface area contributed by atoms with Crippen LogP contribution in [0.15, 0.2) is 12.1 Å². The molecule has 0 aliphatic heterocycles. The maximum Gasteiger partial charge on any atom is 0.257 e. The maximum atomic E-state index is 12.2. The lowest BCUT2D eigenvalue weighted by Crippen LogP contribution is -2.14. The van der Waals surface area contributed by atoms with Crippen LogP contribution in [0.5, 0.6) is 0 Å². The van der Waals surface area contributed by atoms with Gasteiger partial charge in [0.25, 0.3) is 5.91 Å². The Morgan fingerprint density at radius 2 is 2.05 bits per heavy atom. The molecule has 0 saturated heterocycles. The average Bonchev–Trinajstić information content (AvgIpc) is 2.81. The van der Waals surface area contributed by atoms with E-state index in [4.69, 9.17) is 5.73 Å². The summed E-state index contributed by atoms with van der Waals surface area (Å²) >= 11 is 1.38. The molecule has 0 saturated carbocycles. The van der Waals surface area contributed by atoms with Gasteiger partial charge in [-0.25, -0.2) is 0 Å². The zero-order valence-electron chi connectivity index (χ0n) is 11.2. The van der Waals surface area contributed by atoms with Crippen molar-refractivity contribution in [1.29, 1.82) is 0 Å². The van der Waals surface area contributed by atoms with E-state index in [1.165, 1.54) is 11.3 Å². The number of carbonyl (C=O) groups is 1. The minimum absolute atomic E-state index is 0.206. The van der Waals surface area contributed by atoms with Gasteiger partial charge in [-0.3, -0.25) is 10.1 Å². The number of hydrogen-bond donors (Lipinski definition) is 2. The molecule has 1 amide bonds. The summed E-state index contributed by atoms with van der Waals surface area (Å²) in [5.41, 5.74) is 8.88. The Hall–Kier alpha value is -1.95. The summed E-state index contributed by atoms with van der Waals surface area (Å²) < 4.78 is 0. The number of nitrogen functional groups attached to an aromatic ring is 1. The van der Waals surface area contributed by atoms with Gasteiger partial charge in [0.1, 0.15) is 5.01 Å². The topological polar surface area (TPSA) is 80.9 Å². The lowest BCUT2D eigenvalue weighted by Gasteiger charge is -2.08. The lowest BCUT2D eigenvalue weighted by molar-refractivity contribution is 0.102. The molecule has 3 N–H and O–H groups in total. The molecule has 19 heavy (non-hydrogen) atoms. The first kappa shape index (κ1) is 13.5. The van der Waals surface area contributed by atoms with E-state index in [-0.39, 0.29) is 5.91 Å². The van der Waals surface area contributed by atoms with Gasteiger partial charge in [0.15, 0.2) is 0 Å². The van der Waals surface area contributed by atoms with Gasteiger partial charge in [0, 0.05) is 11.3 Å². The molecule has 0 fully saturated rings. The molecule has 1 aromatic carbocycles. The van der Waals surface area contributed by atoms with E-state index in [2.05, 4.69) is 15.5 Å². The zero-order valence-corrected chi connectivity index (χ0v) is 12.0. The van der Waals surface area contributed by atoms with Gasteiger partial charge >= 0.3 is 0 Å². The van der Waals surface area contributed by atoms with Crippen LogP contribution < -0.4 is 11.1 Å². The van der Waals surface area contributed by atoms with Gasteiger partial charge in [-0.2, -0.15) is 0 Å². The SMILES string of the molecule is CCc1nnc(NC(=O)c2cc(N)c(C)cc2C)s1. The Bertz CT molecular complexity index is 621. The summed E-state index contributed by atoms with van der Waals surface area (Å²) in [5.74, 6) is -0.206. The zero-order chi connectivity index (χ0) is 14.0. The van der Waals surface area contributed by atoms with Gasteiger partial charge in [-0.1, -0.05) is 24.3 Å². The number of nitrogens with one attached hydrogen (secondary N) is 1. The van der Waals surface area contributed by atoms with Crippen LogP contribution in [-0.4, -0.2) is 16.1 Å². The highest BCUT2D eigenvalue weighted by molar-refractivity contribution is 7.15. The van der Waals surface area contributed by atoms with Crippen molar-refractivity contribution < 1.29 is 4.79 Å². The summed E-state index contributed by atoms with van der Waals surface area (Å²) in [5, 5.41) is 12.1. The number of hydrogen-bond acceptors (Lipinski definition) is 5. The molecule has 100 valence electrons. The van der Waals surface area contributed by atoms with Gasteiger partial charge < -0.3 is 5.73 Å². The Morgan fingerprint density at radius 3 is 2.68 bits per heavy atom. The Labute approximate surface area is 115 Å². The Morgan fingerprint density at radius 1 is 1.32 bits per heavy atom. The first-order chi connectivity index (χ1) is 9.01. The number of aryl methyl sites for hydroxylation is 3. The van der Waals surface area contributed by atoms with E-state index in [1.807, 2.05) is 26.8 Å². The second kappa shape index (κ2) is 5.36. The molecule has 0 radical (unpaired) electrons. The molecule has 0 spiro atoms. The van der Waals surface area contributed by atoms with Crippen molar-refractivity contribution in [3.05, 3.63) is 33.8 Å². The molecule has 2 aromatic rings. The molecule has 0 aliphatic rings. The third-order valence-corrected chi connectivity index (χ3v) is 3.83. The highest BCUT2D eigenvalue weighted by Crippen LogP contribution is 2.21. The van der Waals surface area contributed by atoms with Gasteiger partial charge in [-0.05, 0) is 37.5 Å². The van der Waals surface area contributed by atoms with Crippen LogP contribution >= 0.6 is 11.3 Å². The summed E-state index contributed by atoms with van der Waals surface area (Å²) in [7, 11) is 0. The summed E-state index contributed by atoms with van der Waals surface area (Å²) in [4.78, 5) is 12.2. The van der Waals surface area contributed by atoms with E-state index in [9.17, 15) is 4.79 Å². The van der Waals surface area contributed by atoms with Gasteiger partial charge in [0.05, 0.1) is 0 Å². The second-order valence-electron chi connectivity index (χ2n) is 4.33. The Kier molecular flexibility index (Phi) is 3.80. The van der Waals surface area contributed by atoms with Crippen molar-refractivity contribution in [2.24, 2.45) is 0 Å². The number of anilines is 2. The first-order valence-corrected chi connectivity index (χ1v) is 6.83. The molecule has 6 heteroatoms. The number of aromatic nitrogens is 2. The van der Waals surface area contributed by atoms with E-state index in [0.29, 0.717) is 16.4 Å². The molecule has 2 rings (SSSR count). The van der Waals surface area contributed by atoms with Crippen LogP contribution in [0.25, 0.3) is 0 Å². The standard InChI is InChI=1S/C13H16N4OS/c1-4-11-16-17-13(19-11)15-12(18)9-6-10(14)8(3)5-7(9)2/h5-6H,4,14H2,1-3H3,(H,15,17,18). The van der Waals surface area contributed by atoms with Crippen LogP contribution in [0, 0.1) is 13.8 Å². The van der Waals surface area contributed by atoms with Crippen molar-refractivity contribution in [3.8, 4) is 0 Å². The van der Waals surface area contributed by atoms with Crippen LogP contribution in [-0.2, 0) is 6.42 Å². The Balaban J connectivity index is 2.22. The number of amides is 1. The molecule has 5 nitrogen and oxygen atoms in total. The molecular weight excluding hydrogens is 260 g/mol. The van der Waals surface area contributed by atoms with Gasteiger partial charge in [0.2, 0.25) is 5.13 Å². The van der Waals surface area contributed by atoms with Crippen molar-refractivity contribution in [2.75, 3.05) is 11.1 Å². The fourth-order valence-corrected chi connectivity index (χ4v) is 2.40. The highest BCUT2D eigenvalue weighted by Gasteiger charge is 2.13. The van der Waals surface area contributed by atoms with Crippen LogP contribution in [0.1, 0.15) is 33.4 Å². The molecule has 1 aromatic heterocycles. The molecule has 0 aliphatic carbocycles. The monoisotopic (exact) mass is 276 g/mol. The lowest BCUT2D eigenvalue weighted by atomic mass is 10.0. The number of carbonyl (C=O) groups excluding carboxylic acids is 1. The van der Waals surface area contributed by atoms with Crippen LogP contribution in [0.2, 0.25) is 0 Å². The second-order valence-corrected chi connectivity index (χ2v) is 5.39. The normalized spacial score (nSPS) is 10.5. The van der Waals surface area contributed by atoms with E-state index in [1.54, 1.807) is 6.07 Å². The van der Waals surface area contributed by atoms with Crippen molar-refractivity contribution in [2.45, 2.75) is 27.2 Å². The summed E-state index contributed by atoms with van der Waals surface area (Å²) in [6, 6.07) is 3.60. The third kappa shape index (κ3) is 2.90. The smallest absolute Gasteiger partial charge is 0.257 e. The molecule has 0 bridgehead atoms. The largest absolute Gasteiger partial charge is 0.398 e. The van der Waals surface area contributed by atoms with E-state index in [0.717, 1.165) is 22.6 Å². The van der Waals surface area contributed by atoms with Crippen molar-refractivity contribution >= 4 is 28.1 Å². The fraction of sp³-hybridized carbons (Fsp3) is 0.308. The number of benzene rings is 1. The maximum absolute atomic E-state index is 12.2. The van der Waals surface area contributed by atoms with Crippen molar-refractivity contribution in [3.63, 3.8) is 0 Å².